The molecule has 14 heavy (non-hydrogen) atoms. The van der Waals surface area contributed by atoms with Crippen LogP contribution < -0.4 is 5.32 Å². The normalized spacial score (nSPS) is 11.8. The summed E-state index contributed by atoms with van der Waals surface area (Å²) in [6.07, 6.45) is 6.24. The molecular formula is C12H29NS. The van der Waals surface area contributed by atoms with Gasteiger partial charge in [-0.15, -0.1) is 0 Å². The SMILES string of the molecule is CCC.CCCNC(CC)CCCS. The number of hydrogen-bond acceptors (Lipinski definition) is 2. The zero-order valence-corrected chi connectivity index (χ0v) is 11.4. The highest BCUT2D eigenvalue weighted by Gasteiger charge is 2.02. The predicted molar refractivity (Wildman–Crippen MR) is 71.4 cm³/mol. The molecule has 0 aromatic carbocycles. The topological polar surface area (TPSA) is 12.0 Å². The lowest BCUT2D eigenvalue weighted by molar-refractivity contribution is 0.465. The van der Waals surface area contributed by atoms with E-state index in [1.807, 2.05) is 0 Å². The average Bonchev–Trinajstić information content (AvgIpc) is 2.20. The molecule has 0 aliphatic carbocycles. The van der Waals surface area contributed by atoms with Crippen LogP contribution in [0.2, 0.25) is 0 Å². The van der Waals surface area contributed by atoms with Crippen LogP contribution in [0.5, 0.6) is 0 Å². The maximum atomic E-state index is 4.20. The average molecular weight is 219 g/mol. The quantitative estimate of drug-likeness (QED) is 0.619. The maximum absolute atomic E-state index is 4.20. The van der Waals surface area contributed by atoms with Crippen molar-refractivity contribution in [2.75, 3.05) is 12.3 Å². The highest BCUT2D eigenvalue weighted by Crippen LogP contribution is 2.02. The Hall–Kier alpha value is 0.310. The van der Waals surface area contributed by atoms with Gasteiger partial charge in [-0.1, -0.05) is 34.1 Å². The third kappa shape index (κ3) is 14.8. The van der Waals surface area contributed by atoms with Gasteiger partial charge in [-0.25, -0.2) is 0 Å². The van der Waals surface area contributed by atoms with Crippen LogP contribution in [0, 0.1) is 0 Å². The van der Waals surface area contributed by atoms with Crippen LogP contribution >= 0.6 is 12.6 Å². The van der Waals surface area contributed by atoms with Crippen molar-refractivity contribution in [2.24, 2.45) is 0 Å². The maximum Gasteiger partial charge on any atom is 0.00647 e. The van der Waals surface area contributed by atoms with Gasteiger partial charge in [0.15, 0.2) is 0 Å². The summed E-state index contributed by atoms with van der Waals surface area (Å²) in [5.74, 6) is 1.02. The van der Waals surface area contributed by atoms with Crippen LogP contribution in [0.4, 0.5) is 0 Å². The Balaban J connectivity index is 0. The van der Waals surface area contributed by atoms with Gasteiger partial charge in [0.05, 0.1) is 0 Å². The van der Waals surface area contributed by atoms with Gasteiger partial charge in [0.25, 0.3) is 0 Å². The summed E-state index contributed by atoms with van der Waals surface area (Å²) in [5, 5.41) is 3.52. The molecule has 0 spiro atoms. The molecule has 0 rings (SSSR count). The molecule has 2 heteroatoms. The number of nitrogens with one attached hydrogen (secondary N) is 1. The van der Waals surface area contributed by atoms with Gasteiger partial charge in [-0.2, -0.15) is 12.6 Å². The summed E-state index contributed by atoms with van der Waals surface area (Å²) in [4.78, 5) is 0. The van der Waals surface area contributed by atoms with E-state index in [9.17, 15) is 0 Å². The van der Waals surface area contributed by atoms with Crippen molar-refractivity contribution in [1.82, 2.24) is 5.32 Å². The smallest absolute Gasteiger partial charge is 0.00647 e. The first-order chi connectivity index (χ1) is 6.76. The molecule has 0 saturated carbocycles. The minimum Gasteiger partial charge on any atom is -0.314 e. The lowest BCUT2D eigenvalue weighted by Crippen LogP contribution is -2.28. The van der Waals surface area contributed by atoms with Crippen LogP contribution in [-0.2, 0) is 0 Å². The highest BCUT2D eigenvalue weighted by molar-refractivity contribution is 7.80. The van der Waals surface area contributed by atoms with Crippen LogP contribution in [0.15, 0.2) is 0 Å². The van der Waals surface area contributed by atoms with Crippen molar-refractivity contribution < 1.29 is 0 Å². The molecule has 0 heterocycles. The lowest BCUT2D eigenvalue weighted by atomic mass is 10.1. The number of rotatable bonds is 7. The fourth-order valence-corrected chi connectivity index (χ4v) is 1.32. The van der Waals surface area contributed by atoms with E-state index in [1.54, 1.807) is 0 Å². The molecule has 0 amide bonds. The molecule has 0 aliphatic rings. The van der Waals surface area contributed by atoms with Crippen molar-refractivity contribution in [3.05, 3.63) is 0 Å². The minimum atomic E-state index is 0.724. The Morgan fingerprint density at radius 2 is 1.71 bits per heavy atom. The van der Waals surface area contributed by atoms with Gasteiger partial charge in [-0.05, 0) is 38.0 Å². The van der Waals surface area contributed by atoms with E-state index < -0.39 is 0 Å². The van der Waals surface area contributed by atoms with E-state index in [2.05, 4.69) is 45.6 Å². The summed E-state index contributed by atoms with van der Waals surface area (Å²) in [5.41, 5.74) is 0. The zero-order chi connectivity index (χ0) is 11.2. The Morgan fingerprint density at radius 1 is 1.14 bits per heavy atom. The molecule has 0 bridgehead atoms. The van der Waals surface area contributed by atoms with Crippen molar-refractivity contribution in [3.63, 3.8) is 0 Å². The number of hydrogen-bond donors (Lipinski definition) is 2. The van der Waals surface area contributed by atoms with E-state index in [0.29, 0.717) is 0 Å². The van der Waals surface area contributed by atoms with Crippen molar-refractivity contribution in [2.45, 2.75) is 65.8 Å². The van der Waals surface area contributed by atoms with E-state index in [1.165, 1.54) is 32.1 Å². The second-order valence-electron chi connectivity index (χ2n) is 3.63. The Kier molecular flexibility index (Phi) is 18.8. The fourth-order valence-electron chi connectivity index (χ4n) is 1.14. The Labute approximate surface area is 96.5 Å². The first-order valence-electron chi connectivity index (χ1n) is 6.10. The first-order valence-corrected chi connectivity index (χ1v) is 6.74. The molecule has 0 fully saturated rings. The first kappa shape index (κ1) is 16.7. The van der Waals surface area contributed by atoms with Crippen molar-refractivity contribution >= 4 is 12.6 Å². The molecule has 1 nitrogen and oxygen atoms in total. The van der Waals surface area contributed by atoms with Crippen LogP contribution in [0.1, 0.15) is 59.8 Å². The third-order valence-electron chi connectivity index (χ3n) is 1.89. The minimum absolute atomic E-state index is 0.724. The number of thiol groups is 1. The van der Waals surface area contributed by atoms with Gasteiger partial charge < -0.3 is 5.32 Å². The molecule has 88 valence electrons. The molecule has 0 aromatic rings. The second kappa shape index (κ2) is 15.8. The molecular weight excluding hydrogens is 190 g/mol. The summed E-state index contributed by atoms with van der Waals surface area (Å²) < 4.78 is 0. The fraction of sp³-hybridized carbons (Fsp3) is 1.00. The van der Waals surface area contributed by atoms with Gasteiger partial charge in [0, 0.05) is 6.04 Å². The monoisotopic (exact) mass is 219 g/mol. The highest BCUT2D eigenvalue weighted by atomic mass is 32.1. The van der Waals surface area contributed by atoms with Gasteiger partial charge in [0.2, 0.25) is 0 Å². The standard InChI is InChI=1S/C9H21NS.C3H8/c1-3-7-10-9(4-2)6-5-8-11;1-3-2/h9-11H,3-8H2,1-2H3;3H2,1-2H3. The molecule has 0 aromatic heterocycles. The van der Waals surface area contributed by atoms with E-state index in [4.69, 9.17) is 0 Å². The van der Waals surface area contributed by atoms with Crippen molar-refractivity contribution in [3.8, 4) is 0 Å². The second-order valence-corrected chi connectivity index (χ2v) is 4.08. The zero-order valence-electron chi connectivity index (χ0n) is 10.5. The van der Waals surface area contributed by atoms with E-state index in [-0.39, 0.29) is 0 Å². The summed E-state index contributed by atoms with van der Waals surface area (Å²) in [7, 11) is 0. The van der Waals surface area contributed by atoms with Gasteiger partial charge in [0.1, 0.15) is 0 Å². The van der Waals surface area contributed by atoms with E-state index in [0.717, 1.165) is 18.3 Å². The summed E-state index contributed by atoms with van der Waals surface area (Å²) in [6, 6.07) is 0.724. The van der Waals surface area contributed by atoms with Gasteiger partial charge >= 0.3 is 0 Å². The largest absolute Gasteiger partial charge is 0.314 e. The van der Waals surface area contributed by atoms with Crippen LogP contribution in [0.25, 0.3) is 0 Å². The molecule has 0 radical (unpaired) electrons. The van der Waals surface area contributed by atoms with Gasteiger partial charge in [-0.3, -0.25) is 0 Å². The van der Waals surface area contributed by atoms with Crippen molar-refractivity contribution in [1.29, 1.82) is 0 Å². The van der Waals surface area contributed by atoms with Crippen LogP contribution in [0.3, 0.4) is 0 Å². The van der Waals surface area contributed by atoms with E-state index >= 15 is 0 Å². The molecule has 1 unspecified atom stereocenters. The Morgan fingerprint density at radius 3 is 2.07 bits per heavy atom. The summed E-state index contributed by atoms with van der Waals surface area (Å²) >= 11 is 4.20. The molecule has 1 N–H and O–H groups in total. The molecule has 0 saturated heterocycles. The lowest BCUT2D eigenvalue weighted by Gasteiger charge is -2.15. The summed E-state index contributed by atoms with van der Waals surface area (Å²) in [6.45, 7) is 9.86. The molecule has 1 atom stereocenters. The molecule has 0 aliphatic heterocycles. The predicted octanol–water partition coefficient (Wildman–Crippen LogP) is 3.89. The third-order valence-corrected chi connectivity index (χ3v) is 2.20. The van der Waals surface area contributed by atoms with Crippen LogP contribution in [-0.4, -0.2) is 18.3 Å². The Bertz CT molecular complexity index is 78.4.